The molecule has 0 aliphatic rings. The maximum absolute atomic E-state index is 11.9. The van der Waals surface area contributed by atoms with Crippen molar-refractivity contribution in [2.75, 3.05) is 0 Å². The summed E-state index contributed by atoms with van der Waals surface area (Å²) in [6.45, 7) is 9.01. The Kier molecular flexibility index (Phi) is 46.9. The van der Waals surface area contributed by atoms with E-state index in [4.69, 9.17) is 0 Å². The van der Waals surface area contributed by atoms with Gasteiger partial charge < -0.3 is 9.11 Å². The molecule has 69 heavy (non-hydrogen) atoms. The van der Waals surface area contributed by atoms with Crippen molar-refractivity contribution in [3.63, 3.8) is 0 Å². The van der Waals surface area contributed by atoms with Gasteiger partial charge in [-0.15, -0.1) is 0 Å². The van der Waals surface area contributed by atoms with E-state index >= 15 is 0 Å². The number of aryl methyl sites for hydroxylation is 2. The first-order valence-electron chi connectivity index (χ1n) is 29.1. The van der Waals surface area contributed by atoms with Crippen LogP contribution in [0.15, 0.2) is 46.2 Å². The molecule has 0 saturated heterocycles. The van der Waals surface area contributed by atoms with E-state index in [0.717, 1.165) is 73.6 Å². The van der Waals surface area contributed by atoms with Gasteiger partial charge in [0.2, 0.25) is 0 Å². The van der Waals surface area contributed by atoms with Crippen LogP contribution in [-0.2, 0) is 45.9 Å². The molecule has 2 aromatic carbocycles. The summed E-state index contributed by atoms with van der Waals surface area (Å²) in [4.78, 5) is 0.0426. The Bertz CT molecular complexity index is 1550. The summed E-state index contributed by atoms with van der Waals surface area (Å²) in [7, 11) is -8.84. The van der Waals surface area contributed by atoms with Gasteiger partial charge in [0.25, 0.3) is 0 Å². The van der Waals surface area contributed by atoms with Crippen molar-refractivity contribution < 1.29 is 25.9 Å². The Balaban J connectivity index is 0.00000132. The fraction of sp³-hybridized carbons (Fsp3) is 0.800. The van der Waals surface area contributed by atoms with E-state index in [1.807, 2.05) is 12.1 Å². The van der Waals surface area contributed by atoms with Crippen LogP contribution in [0.5, 0.6) is 0 Å². The normalized spacial score (nSPS) is 11.7. The van der Waals surface area contributed by atoms with Crippen LogP contribution in [0.3, 0.4) is 0 Å². The van der Waals surface area contributed by atoms with E-state index in [9.17, 15) is 25.9 Å². The molecule has 396 valence electrons. The van der Waals surface area contributed by atoms with Crippen LogP contribution in [-0.4, -0.2) is 63.7 Å². The minimum atomic E-state index is -4.42. The summed E-state index contributed by atoms with van der Waals surface area (Å²) < 4.78 is 71.2. The Labute approximate surface area is 458 Å². The van der Waals surface area contributed by atoms with E-state index in [1.165, 1.54) is 230 Å². The smallest absolute Gasteiger partial charge is 0.744 e. The molecular weight excluding hydrogens is 921 g/mol. The first-order chi connectivity index (χ1) is 33.0. The van der Waals surface area contributed by atoms with Gasteiger partial charge >= 0.3 is 37.7 Å². The summed E-state index contributed by atoms with van der Waals surface area (Å²) in [6.07, 6.45) is 54.0. The minimum Gasteiger partial charge on any atom is -0.744 e. The molecule has 0 unspecified atom stereocenters. The third kappa shape index (κ3) is 37.8. The van der Waals surface area contributed by atoms with Gasteiger partial charge in [-0.1, -0.05) is 283 Å². The molecule has 0 heterocycles. The van der Waals surface area contributed by atoms with Crippen molar-refractivity contribution in [1.82, 2.24) is 0 Å². The molecule has 0 aliphatic heterocycles. The van der Waals surface area contributed by atoms with Gasteiger partial charge in [0.15, 0.2) is 0 Å². The van der Waals surface area contributed by atoms with Gasteiger partial charge in [0, 0.05) is 0 Å². The number of benzene rings is 2. The molecule has 0 N–H and O–H groups in total. The van der Waals surface area contributed by atoms with Crippen molar-refractivity contribution in [3.8, 4) is 0 Å². The molecule has 0 saturated carbocycles. The molecule has 9 heteroatoms. The SMILES string of the molecule is CCCCCCCCCCCCc1cccc(S(=O)(=O)[O-])c1CCCCCCCCCCCC.CCCCCCCCCCCCc1cccc(S(=O)(=O)[O-])c1CCCCCCCCCCCC.[Ca+2]. The molecule has 2 rings (SSSR count). The summed E-state index contributed by atoms with van der Waals surface area (Å²) >= 11 is 0. The van der Waals surface area contributed by atoms with Crippen LogP contribution < -0.4 is 0 Å². The molecule has 0 aliphatic carbocycles. The van der Waals surface area contributed by atoms with Gasteiger partial charge in [-0.05, 0) is 85.8 Å². The van der Waals surface area contributed by atoms with Gasteiger partial charge in [-0.25, -0.2) is 16.8 Å². The zero-order chi connectivity index (χ0) is 49.8. The van der Waals surface area contributed by atoms with Crippen LogP contribution in [0.25, 0.3) is 0 Å². The second-order valence-corrected chi connectivity index (χ2v) is 23.1. The largest absolute Gasteiger partial charge is 2.00 e. The number of hydrogen-bond acceptors (Lipinski definition) is 6. The summed E-state index contributed by atoms with van der Waals surface area (Å²) in [5, 5.41) is 0. The van der Waals surface area contributed by atoms with Crippen molar-refractivity contribution >= 4 is 58.0 Å². The Morgan fingerprint density at radius 1 is 0.290 bits per heavy atom. The second kappa shape index (κ2) is 47.2. The fourth-order valence-corrected chi connectivity index (χ4v) is 11.5. The minimum absolute atomic E-state index is 0. The topological polar surface area (TPSA) is 114 Å². The number of rotatable bonds is 46. The fourth-order valence-electron chi connectivity index (χ4n) is 9.91. The van der Waals surface area contributed by atoms with Crippen molar-refractivity contribution in [2.45, 2.75) is 320 Å². The Hall–Kier alpha value is -0.480. The summed E-state index contributed by atoms with van der Waals surface area (Å²) in [5.74, 6) is 0. The molecule has 2 aromatic rings. The Morgan fingerprint density at radius 2 is 0.478 bits per heavy atom. The van der Waals surface area contributed by atoms with Gasteiger partial charge in [0.05, 0.1) is 9.79 Å². The van der Waals surface area contributed by atoms with Crippen LogP contribution >= 0.6 is 0 Å². The molecule has 0 atom stereocenters. The number of hydrogen-bond donors (Lipinski definition) is 0. The molecule has 0 amide bonds. The standard InChI is InChI=1S/2C30H54O3S.Ca/c2*1-3-5-7-9-11-13-15-17-19-21-24-28-25-23-27-30(34(31,32)33)29(28)26-22-20-18-16-14-12-10-8-6-4-2;/h2*23,25,27H,3-22,24,26H2,1-2H3,(H,31,32,33);/q;;+2/p-2. The van der Waals surface area contributed by atoms with Crippen molar-refractivity contribution in [3.05, 3.63) is 58.7 Å². The first kappa shape index (κ1) is 68.5. The van der Waals surface area contributed by atoms with E-state index in [0.29, 0.717) is 12.8 Å². The van der Waals surface area contributed by atoms with Crippen molar-refractivity contribution in [1.29, 1.82) is 0 Å². The maximum Gasteiger partial charge on any atom is 2.00 e. The van der Waals surface area contributed by atoms with Gasteiger partial charge in [-0.2, -0.15) is 0 Å². The predicted molar refractivity (Wildman–Crippen MR) is 297 cm³/mol. The zero-order valence-electron chi connectivity index (χ0n) is 45.5. The van der Waals surface area contributed by atoms with E-state index in [-0.39, 0.29) is 47.5 Å². The van der Waals surface area contributed by atoms with E-state index in [1.54, 1.807) is 12.1 Å². The van der Waals surface area contributed by atoms with Gasteiger partial charge in [-0.3, -0.25) is 0 Å². The van der Waals surface area contributed by atoms with Crippen LogP contribution in [0, 0.1) is 0 Å². The zero-order valence-corrected chi connectivity index (χ0v) is 49.4. The van der Waals surface area contributed by atoms with Crippen LogP contribution in [0.4, 0.5) is 0 Å². The Morgan fingerprint density at radius 3 is 0.681 bits per heavy atom. The summed E-state index contributed by atoms with van der Waals surface area (Å²) in [6, 6.07) is 10.6. The molecule has 0 radical (unpaired) electrons. The average Bonchev–Trinajstić information content (AvgIpc) is 3.31. The average molecular weight is 1030 g/mol. The second-order valence-electron chi connectivity index (χ2n) is 20.4. The van der Waals surface area contributed by atoms with Crippen LogP contribution in [0.1, 0.15) is 307 Å². The third-order valence-electron chi connectivity index (χ3n) is 14.2. The molecular formula is C60H106CaO6S2. The number of unbranched alkanes of at least 4 members (excludes halogenated alkanes) is 36. The maximum atomic E-state index is 11.9. The quantitative estimate of drug-likeness (QED) is 0.0371. The van der Waals surface area contributed by atoms with E-state index in [2.05, 4.69) is 27.7 Å². The molecule has 0 bridgehead atoms. The van der Waals surface area contributed by atoms with Gasteiger partial charge in [0.1, 0.15) is 20.2 Å². The molecule has 0 fully saturated rings. The van der Waals surface area contributed by atoms with Crippen molar-refractivity contribution in [2.24, 2.45) is 0 Å². The summed E-state index contributed by atoms with van der Waals surface area (Å²) in [5.41, 5.74) is 3.75. The molecule has 0 spiro atoms. The molecule has 6 nitrogen and oxygen atoms in total. The molecule has 0 aromatic heterocycles. The predicted octanol–water partition coefficient (Wildman–Crippen LogP) is 18.7. The van der Waals surface area contributed by atoms with E-state index < -0.39 is 20.2 Å². The monoisotopic (exact) mass is 1030 g/mol. The van der Waals surface area contributed by atoms with Crippen LogP contribution in [0.2, 0.25) is 0 Å². The first-order valence-corrected chi connectivity index (χ1v) is 32.0. The third-order valence-corrected chi connectivity index (χ3v) is 16.0.